The molecular formula is C22H34O5. The van der Waals surface area contributed by atoms with Crippen molar-refractivity contribution >= 4 is 5.97 Å². The Morgan fingerprint density at radius 2 is 1.85 bits per heavy atom. The standard InChI is InChI=1S/C22H34O5/c1-7-20(5)10-11-22(26)14(12-20)16(25)17(27-13(2)23)18-19(3,4)9-8-15(24)21(18,22)6/h7,12,15-18,24-26H,1,8-11H2,2-6H3/t15-,16-,17+,18-,20-,21-,22+/m0/s1. The second kappa shape index (κ2) is 6.16. The highest BCUT2D eigenvalue weighted by Gasteiger charge is 2.71. The molecule has 3 rings (SSSR count). The molecule has 0 saturated heterocycles. The lowest BCUT2D eigenvalue weighted by atomic mass is 9.41. The van der Waals surface area contributed by atoms with Gasteiger partial charge in [-0.05, 0) is 36.7 Å². The van der Waals surface area contributed by atoms with Crippen LogP contribution in [0.1, 0.15) is 60.3 Å². The molecule has 0 spiro atoms. The smallest absolute Gasteiger partial charge is 0.303 e. The fourth-order valence-electron chi connectivity index (χ4n) is 6.20. The topological polar surface area (TPSA) is 87.0 Å². The van der Waals surface area contributed by atoms with Gasteiger partial charge in [0.1, 0.15) is 12.2 Å². The van der Waals surface area contributed by atoms with Gasteiger partial charge in [0.15, 0.2) is 0 Å². The van der Waals surface area contributed by atoms with E-state index in [4.69, 9.17) is 4.74 Å². The molecule has 0 unspecified atom stereocenters. The van der Waals surface area contributed by atoms with Crippen molar-refractivity contribution in [3.63, 3.8) is 0 Å². The van der Waals surface area contributed by atoms with E-state index in [1.807, 2.05) is 26.0 Å². The number of aliphatic hydroxyl groups is 3. The molecule has 0 amide bonds. The number of fused-ring (bicyclic) bond motifs is 3. The average molecular weight is 379 g/mol. The van der Waals surface area contributed by atoms with Crippen LogP contribution in [0.2, 0.25) is 0 Å². The van der Waals surface area contributed by atoms with Gasteiger partial charge in [0.2, 0.25) is 0 Å². The van der Waals surface area contributed by atoms with Gasteiger partial charge in [-0.25, -0.2) is 0 Å². The molecule has 152 valence electrons. The molecule has 0 aromatic heterocycles. The molecule has 0 aromatic carbocycles. The highest BCUT2D eigenvalue weighted by molar-refractivity contribution is 5.66. The molecule has 2 saturated carbocycles. The van der Waals surface area contributed by atoms with Gasteiger partial charge in [-0.1, -0.05) is 39.8 Å². The number of hydrogen-bond acceptors (Lipinski definition) is 5. The van der Waals surface area contributed by atoms with Crippen LogP contribution in [0.3, 0.4) is 0 Å². The van der Waals surface area contributed by atoms with Crippen molar-refractivity contribution in [1.82, 2.24) is 0 Å². The van der Waals surface area contributed by atoms with Crippen molar-refractivity contribution in [3.05, 3.63) is 24.3 Å². The van der Waals surface area contributed by atoms with E-state index in [2.05, 4.69) is 20.4 Å². The van der Waals surface area contributed by atoms with Crippen molar-refractivity contribution in [1.29, 1.82) is 0 Å². The summed E-state index contributed by atoms with van der Waals surface area (Å²) >= 11 is 0. The van der Waals surface area contributed by atoms with Crippen molar-refractivity contribution in [2.75, 3.05) is 0 Å². The van der Waals surface area contributed by atoms with Crippen LogP contribution in [0.4, 0.5) is 0 Å². The number of carbonyl (C=O) groups excluding carboxylic acids is 1. The SMILES string of the molecule is C=C[C@]1(C)C=C2[C@H](O)[C@@H](OC(C)=O)[C@H]3C(C)(C)CC[C@H](O)[C@]3(C)[C@@]2(O)CC1. The largest absolute Gasteiger partial charge is 0.459 e. The number of aliphatic hydroxyl groups excluding tert-OH is 2. The maximum atomic E-state index is 11.9. The number of carbonyl (C=O) groups is 1. The molecule has 5 heteroatoms. The van der Waals surface area contributed by atoms with Gasteiger partial charge < -0.3 is 20.1 Å². The molecule has 3 N–H and O–H groups in total. The Hall–Kier alpha value is -1.17. The molecule has 7 atom stereocenters. The summed E-state index contributed by atoms with van der Waals surface area (Å²) in [5, 5.41) is 34.3. The molecule has 5 nitrogen and oxygen atoms in total. The minimum atomic E-state index is -1.35. The summed E-state index contributed by atoms with van der Waals surface area (Å²) in [4.78, 5) is 11.9. The van der Waals surface area contributed by atoms with Gasteiger partial charge in [0.25, 0.3) is 0 Å². The van der Waals surface area contributed by atoms with Crippen molar-refractivity contribution in [2.45, 2.75) is 84.2 Å². The zero-order valence-corrected chi connectivity index (χ0v) is 17.2. The van der Waals surface area contributed by atoms with E-state index >= 15 is 0 Å². The predicted octanol–water partition coefficient (Wildman–Crippen LogP) is 2.74. The Labute approximate surface area is 162 Å². The number of ether oxygens (including phenoxy) is 1. The van der Waals surface area contributed by atoms with E-state index < -0.39 is 35.3 Å². The maximum absolute atomic E-state index is 11.9. The Morgan fingerprint density at radius 1 is 1.22 bits per heavy atom. The van der Waals surface area contributed by atoms with Crippen LogP contribution < -0.4 is 0 Å². The summed E-state index contributed by atoms with van der Waals surface area (Å²) in [6.45, 7) is 13.3. The lowest BCUT2D eigenvalue weighted by Crippen LogP contribution is -2.73. The number of allylic oxidation sites excluding steroid dienone is 2. The zero-order valence-electron chi connectivity index (χ0n) is 17.2. The average Bonchev–Trinajstić information content (AvgIpc) is 2.58. The second-order valence-electron chi connectivity index (χ2n) is 9.99. The summed E-state index contributed by atoms with van der Waals surface area (Å²) in [6, 6.07) is 0. The van der Waals surface area contributed by atoms with Crippen molar-refractivity contribution in [2.24, 2.45) is 22.2 Å². The Morgan fingerprint density at radius 3 is 2.41 bits per heavy atom. The molecule has 2 fully saturated rings. The summed E-state index contributed by atoms with van der Waals surface area (Å²) in [7, 11) is 0. The number of hydrogen-bond donors (Lipinski definition) is 3. The minimum absolute atomic E-state index is 0.310. The third-order valence-corrected chi connectivity index (χ3v) is 7.85. The van der Waals surface area contributed by atoms with E-state index in [1.165, 1.54) is 6.92 Å². The number of rotatable bonds is 2. The first-order valence-electron chi connectivity index (χ1n) is 9.95. The fourth-order valence-corrected chi connectivity index (χ4v) is 6.20. The first-order valence-corrected chi connectivity index (χ1v) is 9.95. The quantitative estimate of drug-likeness (QED) is 0.508. The summed E-state index contributed by atoms with van der Waals surface area (Å²) in [5.41, 5.74) is -2.50. The summed E-state index contributed by atoms with van der Waals surface area (Å²) < 4.78 is 5.64. The molecule has 0 aromatic rings. The first-order chi connectivity index (χ1) is 12.3. The molecule has 0 aliphatic heterocycles. The van der Waals surface area contributed by atoms with E-state index in [0.29, 0.717) is 24.8 Å². The fraction of sp³-hybridized carbons (Fsp3) is 0.773. The van der Waals surface area contributed by atoms with E-state index in [0.717, 1.165) is 6.42 Å². The van der Waals surface area contributed by atoms with Crippen LogP contribution in [0, 0.1) is 22.2 Å². The van der Waals surface area contributed by atoms with Crippen LogP contribution in [0.5, 0.6) is 0 Å². The lowest BCUT2D eigenvalue weighted by molar-refractivity contribution is -0.264. The lowest BCUT2D eigenvalue weighted by Gasteiger charge is -2.67. The van der Waals surface area contributed by atoms with Gasteiger partial charge in [0.05, 0.1) is 11.7 Å². The highest BCUT2D eigenvalue weighted by atomic mass is 16.6. The van der Waals surface area contributed by atoms with Crippen LogP contribution in [-0.2, 0) is 9.53 Å². The Bertz CT molecular complexity index is 682. The molecule has 0 radical (unpaired) electrons. The Balaban J connectivity index is 2.26. The van der Waals surface area contributed by atoms with Gasteiger partial charge >= 0.3 is 5.97 Å². The number of esters is 1. The van der Waals surface area contributed by atoms with Gasteiger partial charge in [-0.15, -0.1) is 6.58 Å². The van der Waals surface area contributed by atoms with Crippen LogP contribution in [0.25, 0.3) is 0 Å². The van der Waals surface area contributed by atoms with E-state index in [9.17, 15) is 20.1 Å². The molecule has 27 heavy (non-hydrogen) atoms. The van der Waals surface area contributed by atoms with Crippen LogP contribution >= 0.6 is 0 Å². The maximum Gasteiger partial charge on any atom is 0.303 e. The van der Waals surface area contributed by atoms with Crippen molar-refractivity contribution in [3.8, 4) is 0 Å². The molecule has 0 bridgehead atoms. The third kappa shape index (κ3) is 2.73. The zero-order chi connectivity index (χ0) is 20.4. The molecule has 0 heterocycles. The second-order valence-corrected chi connectivity index (χ2v) is 9.99. The monoisotopic (exact) mass is 378 g/mol. The summed E-state index contributed by atoms with van der Waals surface area (Å²) in [6.07, 6.45) is 3.43. The van der Waals surface area contributed by atoms with E-state index in [1.54, 1.807) is 0 Å². The van der Waals surface area contributed by atoms with Crippen molar-refractivity contribution < 1.29 is 24.9 Å². The van der Waals surface area contributed by atoms with Gasteiger partial charge in [0, 0.05) is 23.7 Å². The normalized spacial score (nSPS) is 48.7. The Kier molecular flexibility index (Phi) is 4.69. The molecular weight excluding hydrogens is 344 g/mol. The van der Waals surface area contributed by atoms with Gasteiger partial charge in [-0.3, -0.25) is 4.79 Å². The molecule has 3 aliphatic rings. The van der Waals surface area contributed by atoms with E-state index in [-0.39, 0.29) is 16.7 Å². The predicted molar refractivity (Wildman–Crippen MR) is 103 cm³/mol. The molecule has 3 aliphatic carbocycles. The highest BCUT2D eigenvalue weighted by Crippen LogP contribution is 2.66. The van der Waals surface area contributed by atoms with Gasteiger partial charge in [-0.2, -0.15) is 0 Å². The summed E-state index contributed by atoms with van der Waals surface area (Å²) in [5.74, 6) is -0.839. The third-order valence-electron chi connectivity index (χ3n) is 7.85. The first kappa shape index (κ1) is 20.6. The minimum Gasteiger partial charge on any atom is -0.459 e. The van der Waals surface area contributed by atoms with Crippen LogP contribution in [-0.4, -0.2) is 45.2 Å². The van der Waals surface area contributed by atoms with Crippen LogP contribution in [0.15, 0.2) is 24.3 Å².